The van der Waals surface area contributed by atoms with Gasteiger partial charge in [-0.2, -0.15) is 0 Å². The quantitative estimate of drug-likeness (QED) is 0.843. The molecule has 23 heavy (non-hydrogen) atoms. The summed E-state index contributed by atoms with van der Waals surface area (Å²) in [6.45, 7) is 1.77. The minimum absolute atomic E-state index is 0.0815. The zero-order chi connectivity index (χ0) is 16.8. The monoisotopic (exact) mass is 353 g/mol. The van der Waals surface area contributed by atoms with E-state index in [9.17, 15) is 4.79 Å². The van der Waals surface area contributed by atoms with Gasteiger partial charge in [-0.15, -0.1) is 0 Å². The van der Waals surface area contributed by atoms with Crippen LogP contribution in [0.25, 0.3) is 0 Å². The Balaban J connectivity index is 1.88. The predicted octanol–water partition coefficient (Wildman–Crippen LogP) is 4.26. The highest BCUT2D eigenvalue weighted by atomic mass is 35.5. The first-order chi connectivity index (χ1) is 11.0. The van der Waals surface area contributed by atoms with Gasteiger partial charge in [-0.25, -0.2) is 0 Å². The summed E-state index contributed by atoms with van der Waals surface area (Å²) in [4.78, 5) is 12.0. The van der Waals surface area contributed by atoms with Crippen LogP contribution < -0.4 is 14.8 Å². The van der Waals surface area contributed by atoms with Gasteiger partial charge in [0.05, 0.1) is 13.2 Å². The molecule has 1 atom stereocenters. The van der Waals surface area contributed by atoms with Crippen molar-refractivity contribution in [2.24, 2.45) is 0 Å². The summed E-state index contributed by atoms with van der Waals surface area (Å²) in [6, 6.07) is 11.9. The highest BCUT2D eigenvalue weighted by molar-refractivity contribution is 6.35. The van der Waals surface area contributed by atoms with Crippen LogP contribution in [0.1, 0.15) is 18.5 Å². The maximum Gasteiger partial charge on any atom is 0.258 e. The van der Waals surface area contributed by atoms with E-state index >= 15 is 0 Å². The molecule has 0 saturated heterocycles. The molecule has 0 bridgehead atoms. The molecule has 0 radical (unpaired) electrons. The van der Waals surface area contributed by atoms with Crippen molar-refractivity contribution < 1.29 is 14.3 Å². The van der Waals surface area contributed by atoms with Crippen molar-refractivity contribution in [2.45, 2.75) is 13.0 Å². The molecule has 122 valence electrons. The van der Waals surface area contributed by atoms with Gasteiger partial charge in [0.2, 0.25) is 0 Å². The maximum absolute atomic E-state index is 12.0. The third kappa shape index (κ3) is 5.05. The fourth-order valence-electron chi connectivity index (χ4n) is 2.03. The first-order valence-corrected chi connectivity index (χ1v) is 7.76. The van der Waals surface area contributed by atoms with Gasteiger partial charge in [-0.05, 0) is 48.9 Å². The van der Waals surface area contributed by atoms with Gasteiger partial charge in [0.1, 0.15) is 11.5 Å². The van der Waals surface area contributed by atoms with Crippen LogP contribution >= 0.6 is 23.2 Å². The summed E-state index contributed by atoms with van der Waals surface area (Å²) in [6.07, 6.45) is 0. The van der Waals surface area contributed by atoms with Crippen molar-refractivity contribution in [3.05, 3.63) is 58.1 Å². The molecule has 0 heterocycles. The minimum Gasteiger partial charge on any atom is -0.497 e. The number of carbonyl (C=O) groups is 1. The van der Waals surface area contributed by atoms with Crippen molar-refractivity contribution in [3.63, 3.8) is 0 Å². The molecule has 0 fully saturated rings. The number of nitrogens with one attached hydrogen (secondary N) is 1. The molecule has 2 aromatic carbocycles. The molecular formula is C17H17Cl2NO3. The van der Waals surface area contributed by atoms with E-state index in [0.29, 0.717) is 15.8 Å². The lowest BCUT2D eigenvalue weighted by atomic mass is 10.1. The second-order valence-electron chi connectivity index (χ2n) is 4.92. The van der Waals surface area contributed by atoms with Crippen molar-refractivity contribution >= 4 is 29.1 Å². The Morgan fingerprint density at radius 3 is 2.39 bits per heavy atom. The van der Waals surface area contributed by atoms with Gasteiger partial charge in [0.15, 0.2) is 6.61 Å². The first kappa shape index (κ1) is 17.4. The fraction of sp³-hybridized carbons (Fsp3) is 0.235. The number of halogens is 2. The molecule has 6 heteroatoms. The van der Waals surface area contributed by atoms with E-state index in [1.54, 1.807) is 49.6 Å². The summed E-state index contributed by atoms with van der Waals surface area (Å²) in [5.74, 6) is 1.09. The van der Waals surface area contributed by atoms with Crippen LogP contribution in [0, 0.1) is 0 Å². The second-order valence-corrected chi connectivity index (χ2v) is 5.76. The average molecular weight is 354 g/mol. The molecule has 2 rings (SSSR count). The second kappa shape index (κ2) is 8.09. The van der Waals surface area contributed by atoms with E-state index in [1.807, 2.05) is 6.92 Å². The van der Waals surface area contributed by atoms with Crippen LogP contribution in [0.5, 0.6) is 11.5 Å². The van der Waals surface area contributed by atoms with Crippen molar-refractivity contribution in [1.82, 2.24) is 5.32 Å². The summed E-state index contributed by atoms with van der Waals surface area (Å²) in [5.41, 5.74) is 0.800. The molecule has 0 saturated carbocycles. The van der Waals surface area contributed by atoms with Gasteiger partial charge < -0.3 is 14.8 Å². The first-order valence-electron chi connectivity index (χ1n) is 7.00. The number of hydrogen-bond donors (Lipinski definition) is 1. The molecule has 0 spiro atoms. The number of benzene rings is 2. The number of carbonyl (C=O) groups excluding carboxylic acids is 1. The van der Waals surface area contributed by atoms with E-state index in [0.717, 1.165) is 11.3 Å². The maximum atomic E-state index is 12.0. The number of amides is 1. The van der Waals surface area contributed by atoms with E-state index in [-0.39, 0.29) is 18.6 Å². The largest absolute Gasteiger partial charge is 0.497 e. The van der Waals surface area contributed by atoms with Crippen LogP contribution in [-0.4, -0.2) is 19.6 Å². The molecule has 0 aromatic heterocycles. The molecule has 0 aliphatic carbocycles. The molecule has 0 aliphatic rings. The molecule has 4 nitrogen and oxygen atoms in total. The predicted molar refractivity (Wildman–Crippen MR) is 91.5 cm³/mol. The Bertz CT molecular complexity index is 674. The number of rotatable bonds is 6. The Morgan fingerprint density at radius 2 is 1.78 bits per heavy atom. The van der Waals surface area contributed by atoms with E-state index in [2.05, 4.69) is 5.32 Å². The highest BCUT2D eigenvalue weighted by Gasteiger charge is 2.13. The van der Waals surface area contributed by atoms with Crippen LogP contribution in [0.2, 0.25) is 10.0 Å². The zero-order valence-electron chi connectivity index (χ0n) is 12.8. The Hall–Kier alpha value is -1.91. The van der Waals surface area contributed by atoms with Crippen LogP contribution in [-0.2, 0) is 4.79 Å². The van der Waals surface area contributed by atoms with Crippen molar-refractivity contribution in [1.29, 1.82) is 0 Å². The summed E-state index contributed by atoms with van der Waals surface area (Å²) < 4.78 is 10.5. The van der Waals surface area contributed by atoms with Gasteiger partial charge in [0.25, 0.3) is 5.91 Å². The van der Waals surface area contributed by atoms with Crippen LogP contribution in [0.15, 0.2) is 42.5 Å². The molecule has 2 aromatic rings. The topological polar surface area (TPSA) is 47.6 Å². The average Bonchev–Trinajstić information content (AvgIpc) is 2.53. The number of methoxy groups -OCH3 is 1. The number of ether oxygens (including phenoxy) is 2. The van der Waals surface area contributed by atoms with E-state index in [1.165, 1.54) is 0 Å². The SMILES string of the molecule is COc1ccc(OCC(=O)NC(C)c2ccc(Cl)cc2Cl)cc1. The third-order valence-corrected chi connectivity index (χ3v) is 3.80. The molecule has 1 amide bonds. The fourth-order valence-corrected chi connectivity index (χ4v) is 2.61. The van der Waals surface area contributed by atoms with E-state index < -0.39 is 0 Å². The zero-order valence-corrected chi connectivity index (χ0v) is 14.3. The van der Waals surface area contributed by atoms with Crippen LogP contribution in [0.3, 0.4) is 0 Å². The summed E-state index contributed by atoms with van der Waals surface area (Å²) in [7, 11) is 1.59. The van der Waals surface area contributed by atoms with Gasteiger partial charge in [-0.3, -0.25) is 4.79 Å². The van der Waals surface area contributed by atoms with Gasteiger partial charge in [-0.1, -0.05) is 29.3 Å². The lowest BCUT2D eigenvalue weighted by molar-refractivity contribution is -0.123. The molecule has 1 unspecified atom stereocenters. The van der Waals surface area contributed by atoms with Gasteiger partial charge >= 0.3 is 0 Å². The lowest BCUT2D eigenvalue weighted by Gasteiger charge is -2.16. The normalized spacial score (nSPS) is 11.7. The number of hydrogen-bond acceptors (Lipinski definition) is 3. The Labute approximate surface area is 145 Å². The summed E-state index contributed by atoms with van der Waals surface area (Å²) >= 11 is 12.0. The standard InChI is InChI=1S/C17H17Cl2NO3/c1-11(15-8-3-12(18)9-16(15)19)20-17(21)10-23-14-6-4-13(22-2)5-7-14/h3-9,11H,10H2,1-2H3,(H,20,21). The van der Waals surface area contributed by atoms with Crippen molar-refractivity contribution in [3.8, 4) is 11.5 Å². The van der Waals surface area contributed by atoms with Gasteiger partial charge in [0, 0.05) is 10.0 Å². The lowest BCUT2D eigenvalue weighted by Crippen LogP contribution is -2.31. The Morgan fingerprint density at radius 1 is 1.13 bits per heavy atom. The summed E-state index contributed by atoms with van der Waals surface area (Å²) in [5, 5.41) is 3.90. The smallest absolute Gasteiger partial charge is 0.258 e. The Kier molecular flexibility index (Phi) is 6.13. The molecule has 0 aliphatic heterocycles. The molecular weight excluding hydrogens is 337 g/mol. The van der Waals surface area contributed by atoms with Crippen LogP contribution in [0.4, 0.5) is 0 Å². The van der Waals surface area contributed by atoms with Crippen molar-refractivity contribution in [2.75, 3.05) is 13.7 Å². The third-order valence-electron chi connectivity index (χ3n) is 3.24. The van der Waals surface area contributed by atoms with E-state index in [4.69, 9.17) is 32.7 Å². The highest BCUT2D eigenvalue weighted by Crippen LogP contribution is 2.26. The minimum atomic E-state index is -0.244. The molecule has 1 N–H and O–H groups in total.